The Morgan fingerprint density at radius 2 is 1.57 bits per heavy atom. The highest BCUT2D eigenvalue weighted by Gasteiger charge is 2.09. The van der Waals surface area contributed by atoms with Crippen molar-refractivity contribution in [3.05, 3.63) is 65.2 Å². The van der Waals surface area contributed by atoms with Crippen molar-refractivity contribution in [3.8, 4) is 11.5 Å². The molecule has 1 heterocycles. The molecule has 0 amide bonds. The molecule has 0 aromatic heterocycles. The molecule has 1 fully saturated rings. The molecule has 2 nitrogen and oxygen atoms in total. The predicted octanol–water partition coefficient (Wildman–Crippen LogP) is 5.63. The predicted molar refractivity (Wildman–Crippen MR) is 97.3 cm³/mol. The Kier molecular flexibility index (Phi) is 5.37. The van der Waals surface area contributed by atoms with Crippen molar-refractivity contribution in [2.24, 2.45) is 0 Å². The molecule has 0 bridgehead atoms. The van der Waals surface area contributed by atoms with Crippen LogP contribution in [0.25, 0.3) is 5.57 Å². The molecule has 2 aromatic rings. The van der Waals surface area contributed by atoms with E-state index in [0.717, 1.165) is 18.0 Å². The number of allylic oxidation sites excluding steroid dienone is 1. The van der Waals surface area contributed by atoms with E-state index in [1.165, 1.54) is 37.1 Å². The minimum absolute atomic E-state index is 0.714. The van der Waals surface area contributed by atoms with E-state index in [4.69, 9.17) is 16.3 Å². The molecule has 0 unspecified atom stereocenters. The first kappa shape index (κ1) is 16.1. The molecule has 0 aliphatic carbocycles. The number of nitrogens with zero attached hydrogens (tertiary/aromatic N) is 1. The molecule has 120 valence electrons. The summed E-state index contributed by atoms with van der Waals surface area (Å²) in [6.07, 6.45) is 4.99. The van der Waals surface area contributed by atoms with Crippen molar-refractivity contribution in [3.63, 3.8) is 0 Å². The summed E-state index contributed by atoms with van der Waals surface area (Å²) in [7, 11) is 0. The maximum Gasteiger partial charge on any atom is 0.127 e. The molecule has 0 saturated carbocycles. The van der Waals surface area contributed by atoms with Gasteiger partial charge in [0.2, 0.25) is 0 Å². The lowest BCUT2D eigenvalue weighted by Crippen LogP contribution is -2.18. The van der Waals surface area contributed by atoms with Crippen LogP contribution in [-0.4, -0.2) is 24.5 Å². The first-order chi connectivity index (χ1) is 11.2. The van der Waals surface area contributed by atoms with E-state index < -0.39 is 0 Å². The molecule has 23 heavy (non-hydrogen) atoms. The standard InChI is InChI=1S/C20H22ClNO/c1-16(12-15-22-13-2-3-14-22)17-4-8-19(9-5-17)23-20-10-6-18(21)7-11-20/h4-12H,2-3,13-15H2,1H3. The third-order valence-corrected chi connectivity index (χ3v) is 4.47. The lowest BCUT2D eigenvalue weighted by molar-refractivity contribution is 0.377. The van der Waals surface area contributed by atoms with E-state index >= 15 is 0 Å². The molecule has 1 aliphatic rings. The highest BCUT2D eigenvalue weighted by atomic mass is 35.5. The quantitative estimate of drug-likeness (QED) is 0.705. The summed E-state index contributed by atoms with van der Waals surface area (Å²) in [5.41, 5.74) is 2.56. The Morgan fingerprint density at radius 1 is 1.00 bits per heavy atom. The number of likely N-dealkylation sites (tertiary alicyclic amines) is 1. The number of hydrogen-bond donors (Lipinski definition) is 0. The largest absolute Gasteiger partial charge is 0.457 e. The molecule has 1 aliphatic heterocycles. The fraction of sp³-hybridized carbons (Fsp3) is 0.300. The summed E-state index contributed by atoms with van der Waals surface area (Å²) >= 11 is 5.88. The second kappa shape index (κ2) is 7.67. The molecule has 0 spiro atoms. The van der Waals surface area contributed by atoms with Crippen molar-refractivity contribution < 1.29 is 4.74 Å². The van der Waals surface area contributed by atoms with Crippen LogP contribution in [0.15, 0.2) is 54.6 Å². The molecule has 3 rings (SSSR count). The van der Waals surface area contributed by atoms with Crippen LogP contribution in [0.1, 0.15) is 25.3 Å². The van der Waals surface area contributed by atoms with Crippen LogP contribution in [0.2, 0.25) is 5.02 Å². The molecular weight excluding hydrogens is 306 g/mol. The first-order valence-corrected chi connectivity index (χ1v) is 8.51. The van der Waals surface area contributed by atoms with Crippen LogP contribution >= 0.6 is 11.6 Å². The second-order valence-electron chi connectivity index (χ2n) is 5.98. The van der Waals surface area contributed by atoms with E-state index in [2.05, 4.69) is 30.0 Å². The van der Waals surface area contributed by atoms with Gasteiger partial charge in [-0.05, 0) is 80.4 Å². The Hall–Kier alpha value is -1.77. The van der Waals surface area contributed by atoms with Gasteiger partial charge in [0, 0.05) is 11.6 Å². The van der Waals surface area contributed by atoms with Gasteiger partial charge in [0.15, 0.2) is 0 Å². The van der Waals surface area contributed by atoms with Crippen LogP contribution in [0, 0.1) is 0 Å². The zero-order valence-electron chi connectivity index (χ0n) is 13.5. The van der Waals surface area contributed by atoms with Crippen molar-refractivity contribution >= 4 is 17.2 Å². The average Bonchev–Trinajstić information content (AvgIpc) is 3.09. The third kappa shape index (κ3) is 4.60. The zero-order valence-corrected chi connectivity index (χ0v) is 14.2. The summed E-state index contributed by atoms with van der Waals surface area (Å²) in [6.45, 7) is 5.69. The van der Waals surface area contributed by atoms with E-state index in [0.29, 0.717) is 5.02 Å². The number of benzene rings is 2. The Morgan fingerprint density at radius 3 is 2.17 bits per heavy atom. The molecular formula is C20H22ClNO. The summed E-state index contributed by atoms with van der Waals surface area (Å²) in [5, 5.41) is 0.714. The van der Waals surface area contributed by atoms with Crippen molar-refractivity contribution in [2.45, 2.75) is 19.8 Å². The average molecular weight is 328 g/mol. The third-order valence-electron chi connectivity index (χ3n) is 4.21. The maximum atomic E-state index is 5.88. The molecule has 0 N–H and O–H groups in total. The SMILES string of the molecule is CC(=CCN1CCCC1)c1ccc(Oc2ccc(Cl)cc2)cc1. The van der Waals surface area contributed by atoms with E-state index in [9.17, 15) is 0 Å². The maximum absolute atomic E-state index is 5.88. The molecule has 2 aromatic carbocycles. The summed E-state index contributed by atoms with van der Waals surface area (Å²) in [5.74, 6) is 1.63. The second-order valence-corrected chi connectivity index (χ2v) is 6.41. The Balaban J connectivity index is 1.61. The highest BCUT2D eigenvalue weighted by Crippen LogP contribution is 2.25. The van der Waals surface area contributed by atoms with Crippen LogP contribution in [-0.2, 0) is 0 Å². The van der Waals surface area contributed by atoms with Gasteiger partial charge in [-0.25, -0.2) is 0 Å². The summed E-state index contributed by atoms with van der Waals surface area (Å²) in [6, 6.07) is 15.7. The van der Waals surface area contributed by atoms with E-state index in [1.54, 1.807) is 0 Å². The van der Waals surface area contributed by atoms with Crippen molar-refractivity contribution in [1.82, 2.24) is 4.90 Å². The summed E-state index contributed by atoms with van der Waals surface area (Å²) in [4.78, 5) is 2.50. The van der Waals surface area contributed by atoms with Gasteiger partial charge in [-0.1, -0.05) is 29.8 Å². The monoisotopic (exact) mass is 327 g/mol. The fourth-order valence-electron chi connectivity index (χ4n) is 2.77. The van der Waals surface area contributed by atoms with Gasteiger partial charge >= 0.3 is 0 Å². The molecule has 0 radical (unpaired) electrons. The lowest BCUT2D eigenvalue weighted by atomic mass is 10.1. The van der Waals surface area contributed by atoms with Gasteiger partial charge in [0.25, 0.3) is 0 Å². The normalized spacial score (nSPS) is 15.8. The number of ether oxygens (including phenoxy) is 1. The molecule has 3 heteroatoms. The van der Waals surface area contributed by atoms with Crippen LogP contribution in [0.4, 0.5) is 0 Å². The molecule has 0 atom stereocenters. The van der Waals surface area contributed by atoms with Crippen molar-refractivity contribution in [1.29, 1.82) is 0 Å². The minimum atomic E-state index is 0.714. The smallest absolute Gasteiger partial charge is 0.127 e. The van der Waals surface area contributed by atoms with Gasteiger partial charge in [-0.2, -0.15) is 0 Å². The van der Waals surface area contributed by atoms with Crippen LogP contribution in [0.5, 0.6) is 11.5 Å². The summed E-state index contributed by atoms with van der Waals surface area (Å²) < 4.78 is 5.82. The number of hydrogen-bond acceptors (Lipinski definition) is 2. The molecule has 1 saturated heterocycles. The minimum Gasteiger partial charge on any atom is -0.457 e. The Bertz CT molecular complexity index is 655. The van der Waals surface area contributed by atoms with Crippen LogP contribution < -0.4 is 4.74 Å². The van der Waals surface area contributed by atoms with E-state index in [1.807, 2.05) is 36.4 Å². The van der Waals surface area contributed by atoms with E-state index in [-0.39, 0.29) is 0 Å². The number of rotatable bonds is 5. The van der Waals surface area contributed by atoms with Gasteiger partial charge in [-0.3, -0.25) is 4.90 Å². The van der Waals surface area contributed by atoms with Crippen LogP contribution in [0.3, 0.4) is 0 Å². The lowest BCUT2D eigenvalue weighted by Gasteiger charge is -2.12. The fourth-order valence-corrected chi connectivity index (χ4v) is 2.90. The van der Waals surface area contributed by atoms with Gasteiger partial charge in [0.05, 0.1) is 0 Å². The topological polar surface area (TPSA) is 12.5 Å². The van der Waals surface area contributed by atoms with Crippen molar-refractivity contribution in [2.75, 3.05) is 19.6 Å². The van der Waals surface area contributed by atoms with Gasteiger partial charge in [0.1, 0.15) is 11.5 Å². The first-order valence-electron chi connectivity index (χ1n) is 8.14. The highest BCUT2D eigenvalue weighted by molar-refractivity contribution is 6.30. The van der Waals surface area contributed by atoms with Gasteiger partial charge in [-0.15, -0.1) is 0 Å². The van der Waals surface area contributed by atoms with Gasteiger partial charge < -0.3 is 4.74 Å². The zero-order chi connectivity index (χ0) is 16.1. The number of halogens is 1. The Labute approximate surface area is 143 Å².